The van der Waals surface area contributed by atoms with E-state index in [9.17, 15) is 4.79 Å². The highest BCUT2D eigenvalue weighted by molar-refractivity contribution is 6.29. The molecule has 0 aliphatic carbocycles. The van der Waals surface area contributed by atoms with E-state index in [-0.39, 0.29) is 22.8 Å². The maximum absolute atomic E-state index is 12.5. The molecule has 2 aromatic rings. The lowest BCUT2D eigenvalue weighted by molar-refractivity contribution is 0.0683. The Hall–Kier alpha value is -1.94. The quantitative estimate of drug-likeness (QED) is 0.868. The number of nitrogens with zero attached hydrogens (tertiary/aromatic N) is 3. The lowest BCUT2D eigenvalue weighted by Crippen LogP contribution is -2.36. The van der Waals surface area contributed by atoms with Gasteiger partial charge in [-0.05, 0) is 19.4 Å². The van der Waals surface area contributed by atoms with Crippen LogP contribution in [-0.4, -0.2) is 26.8 Å². The van der Waals surface area contributed by atoms with Gasteiger partial charge in [0, 0.05) is 12.6 Å². The highest BCUT2D eigenvalue weighted by Crippen LogP contribution is 2.13. The Kier molecular flexibility index (Phi) is 4.69. The Balaban J connectivity index is 2.23. The highest BCUT2D eigenvalue weighted by Gasteiger charge is 2.20. The monoisotopic (exact) mass is 289 g/mol. The molecule has 0 atom stereocenters. The summed E-state index contributed by atoms with van der Waals surface area (Å²) in [6.45, 7) is 4.48. The lowest BCUT2D eigenvalue weighted by Gasteiger charge is -2.26. The summed E-state index contributed by atoms with van der Waals surface area (Å²) in [5, 5.41) is 0.222. The van der Waals surface area contributed by atoms with Gasteiger partial charge in [-0.2, -0.15) is 0 Å². The zero-order chi connectivity index (χ0) is 14.5. The average Bonchev–Trinajstić information content (AvgIpc) is 2.45. The van der Waals surface area contributed by atoms with Crippen molar-refractivity contribution in [1.82, 2.24) is 14.9 Å². The molecule has 1 aromatic heterocycles. The average molecular weight is 290 g/mol. The molecule has 0 unspecified atom stereocenters. The second-order valence-corrected chi connectivity index (χ2v) is 5.13. The maximum atomic E-state index is 12.5. The van der Waals surface area contributed by atoms with E-state index in [1.165, 1.54) is 12.4 Å². The molecule has 0 aliphatic heterocycles. The fraction of sp³-hybridized carbons (Fsp3) is 0.267. The highest BCUT2D eigenvalue weighted by atomic mass is 35.5. The molecule has 0 spiro atoms. The molecule has 104 valence electrons. The van der Waals surface area contributed by atoms with Gasteiger partial charge in [0.15, 0.2) is 0 Å². The van der Waals surface area contributed by atoms with Gasteiger partial charge in [0.25, 0.3) is 5.91 Å². The fourth-order valence-electron chi connectivity index (χ4n) is 1.86. The molecule has 0 N–H and O–H groups in total. The van der Waals surface area contributed by atoms with Gasteiger partial charge in [0.05, 0.1) is 12.4 Å². The predicted molar refractivity (Wildman–Crippen MR) is 78.5 cm³/mol. The van der Waals surface area contributed by atoms with Gasteiger partial charge in [-0.1, -0.05) is 41.9 Å². The van der Waals surface area contributed by atoms with Crippen molar-refractivity contribution in [3.05, 3.63) is 59.1 Å². The number of carbonyl (C=O) groups excluding carboxylic acids is 1. The van der Waals surface area contributed by atoms with Gasteiger partial charge in [0.1, 0.15) is 10.8 Å². The summed E-state index contributed by atoms with van der Waals surface area (Å²) in [4.78, 5) is 22.2. The lowest BCUT2D eigenvalue weighted by atomic mass is 10.2. The first-order valence-corrected chi connectivity index (χ1v) is 6.78. The topological polar surface area (TPSA) is 46.1 Å². The molecule has 4 nitrogen and oxygen atoms in total. The van der Waals surface area contributed by atoms with Crippen LogP contribution in [0.15, 0.2) is 42.7 Å². The summed E-state index contributed by atoms with van der Waals surface area (Å²) in [7, 11) is 0. The first kappa shape index (κ1) is 14.5. The minimum atomic E-state index is -0.168. The Labute approximate surface area is 123 Å². The Bertz CT molecular complexity index is 587. The van der Waals surface area contributed by atoms with Crippen LogP contribution in [-0.2, 0) is 6.54 Å². The van der Waals surface area contributed by atoms with Gasteiger partial charge in [-0.15, -0.1) is 0 Å². The van der Waals surface area contributed by atoms with Crippen molar-refractivity contribution in [2.45, 2.75) is 26.4 Å². The number of hydrogen-bond acceptors (Lipinski definition) is 3. The first-order valence-electron chi connectivity index (χ1n) is 6.40. The van der Waals surface area contributed by atoms with Crippen LogP contribution < -0.4 is 0 Å². The maximum Gasteiger partial charge on any atom is 0.274 e. The van der Waals surface area contributed by atoms with Crippen molar-refractivity contribution in [3.8, 4) is 0 Å². The third-order valence-corrected chi connectivity index (χ3v) is 3.09. The van der Waals surface area contributed by atoms with E-state index in [1.807, 2.05) is 44.2 Å². The van der Waals surface area contributed by atoms with Crippen LogP contribution in [0.25, 0.3) is 0 Å². The number of rotatable bonds is 4. The van der Waals surface area contributed by atoms with Crippen LogP contribution >= 0.6 is 11.6 Å². The molecule has 0 aliphatic rings. The summed E-state index contributed by atoms with van der Waals surface area (Å²) < 4.78 is 0. The molecule has 20 heavy (non-hydrogen) atoms. The second-order valence-electron chi connectivity index (χ2n) is 4.74. The van der Waals surface area contributed by atoms with Crippen LogP contribution in [0.2, 0.25) is 5.15 Å². The molecule has 1 amide bonds. The van der Waals surface area contributed by atoms with Gasteiger partial charge in [-0.25, -0.2) is 4.98 Å². The Morgan fingerprint density at radius 2 is 1.95 bits per heavy atom. The van der Waals surface area contributed by atoms with E-state index in [4.69, 9.17) is 11.6 Å². The normalized spacial score (nSPS) is 10.6. The molecule has 1 heterocycles. The molecule has 0 bridgehead atoms. The van der Waals surface area contributed by atoms with Crippen molar-refractivity contribution < 1.29 is 4.79 Å². The molecule has 5 heteroatoms. The van der Waals surface area contributed by atoms with Gasteiger partial charge in [-0.3, -0.25) is 9.78 Å². The van der Waals surface area contributed by atoms with E-state index >= 15 is 0 Å². The Morgan fingerprint density at radius 3 is 2.55 bits per heavy atom. The molecule has 2 rings (SSSR count). The molecule has 1 aromatic carbocycles. The Morgan fingerprint density at radius 1 is 1.25 bits per heavy atom. The zero-order valence-electron chi connectivity index (χ0n) is 11.5. The molecule has 0 fully saturated rings. The summed E-state index contributed by atoms with van der Waals surface area (Å²) in [6.07, 6.45) is 2.85. The van der Waals surface area contributed by atoms with Gasteiger partial charge in [0.2, 0.25) is 0 Å². The van der Waals surface area contributed by atoms with Crippen molar-refractivity contribution in [1.29, 1.82) is 0 Å². The minimum Gasteiger partial charge on any atom is -0.331 e. The number of carbonyl (C=O) groups is 1. The SMILES string of the molecule is CC(C)N(Cc1ccccc1)C(=O)c1cncc(Cl)n1. The van der Waals surface area contributed by atoms with E-state index in [2.05, 4.69) is 9.97 Å². The fourth-order valence-corrected chi connectivity index (χ4v) is 2.01. The van der Waals surface area contributed by atoms with Crippen molar-refractivity contribution in [3.63, 3.8) is 0 Å². The minimum absolute atomic E-state index is 0.0588. The first-order chi connectivity index (χ1) is 9.58. The predicted octanol–water partition coefficient (Wildman–Crippen LogP) is 3.18. The largest absolute Gasteiger partial charge is 0.331 e. The standard InChI is InChI=1S/C15H16ClN3O/c1-11(2)19(10-12-6-4-3-5-7-12)15(20)13-8-17-9-14(16)18-13/h3-9,11H,10H2,1-2H3. The third-order valence-electron chi connectivity index (χ3n) is 2.90. The van der Waals surface area contributed by atoms with Crippen LogP contribution in [0.3, 0.4) is 0 Å². The molecular weight excluding hydrogens is 274 g/mol. The number of benzene rings is 1. The number of hydrogen-bond donors (Lipinski definition) is 0. The van der Waals surface area contributed by atoms with Crippen LogP contribution in [0.5, 0.6) is 0 Å². The van der Waals surface area contributed by atoms with Crippen LogP contribution in [0, 0.1) is 0 Å². The third kappa shape index (κ3) is 3.54. The molecule has 0 saturated heterocycles. The van der Waals surface area contributed by atoms with Crippen LogP contribution in [0.1, 0.15) is 29.9 Å². The molecule has 0 radical (unpaired) electrons. The number of halogens is 1. The van der Waals surface area contributed by atoms with Crippen molar-refractivity contribution in [2.24, 2.45) is 0 Å². The summed E-state index contributed by atoms with van der Waals surface area (Å²) in [5.41, 5.74) is 1.34. The second kappa shape index (κ2) is 6.48. The van der Waals surface area contributed by atoms with Gasteiger partial charge >= 0.3 is 0 Å². The van der Waals surface area contributed by atoms with Gasteiger partial charge < -0.3 is 4.90 Å². The summed E-state index contributed by atoms with van der Waals surface area (Å²) in [6, 6.07) is 9.91. The summed E-state index contributed by atoms with van der Waals surface area (Å²) in [5.74, 6) is -0.168. The number of amides is 1. The van der Waals surface area contributed by atoms with Crippen molar-refractivity contribution in [2.75, 3.05) is 0 Å². The molecule has 0 saturated carbocycles. The van der Waals surface area contributed by atoms with E-state index < -0.39 is 0 Å². The summed E-state index contributed by atoms with van der Waals surface area (Å²) >= 11 is 5.79. The van der Waals surface area contributed by atoms with E-state index in [1.54, 1.807) is 4.90 Å². The van der Waals surface area contributed by atoms with E-state index in [0.29, 0.717) is 6.54 Å². The number of aromatic nitrogens is 2. The zero-order valence-corrected chi connectivity index (χ0v) is 12.2. The molecular formula is C15H16ClN3O. The van der Waals surface area contributed by atoms with Crippen molar-refractivity contribution >= 4 is 17.5 Å². The smallest absolute Gasteiger partial charge is 0.274 e. The van der Waals surface area contributed by atoms with Crippen LogP contribution in [0.4, 0.5) is 0 Å². The van der Waals surface area contributed by atoms with E-state index in [0.717, 1.165) is 5.56 Å².